The van der Waals surface area contributed by atoms with Crippen LogP contribution in [0.25, 0.3) is 0 Å². The second-order valence-electron chi connectivity index (χ2n) is 7.08. The predicted molar refractivity (Wildman–Crippen MR) is 94.7 cm³/mol. The van der Waals surface area contributed by atoms with E-state index in [1.165, 1.54) is 36.8 Å². The van der Waals surface area contributed by atoms with Crippen LogP contribution in [0.3, 0.4) is 0 Å². The highest BCUT2D eigenvalue weighted by atomic mass is 14.5. The fourth-order valence-electron chi connectivity index (χ4n) is 4.44. The van der Waals surface area contributed by atoms with E-state index in [0.29, 0.717) is 17.8 Å². The van der Waals surface area contributed by atoms with Gasteiger partial charge in [0.15, 0.2) is 0 Å². The van der Waals surface area contributed by atoms with E-state index in [9.17, 15) is 0 Å². The second kappa shape index (κ2) is 6.44. The first kappa shape index (κ1) is 15.6. The summed E-state index contributed by atoms with van der Waals surface area (Å²) in [5.74, 6) is 1.61. The lowest BCUT2D eigenvalue weighted by Gasteiger charge is -2.36. The van der Waals surface area contributed by atoms with Crippen LogP contribution in [0.2, 0.25) is 0 Å². The molecule has 2 radical (unpaired) electrons. The molecule has 0 N–H and O–H groups in total. The molecule has 0 amide bonds. The molecular formula is C22H28. The zero-order valence-corrected chi connectivity index (χ0v) is 14.2. The van der Waals surface area contributed by atoms with Crippen molar-refractivity contribution in [3.05, 3.63) is 66.1 Å². The number of fused-ring (bicyclic) bond motifs is 1. The molecule has 0 saturated heterocycles. The minimum absolute atomic E-state index is 0.245. The molecule has 4 atom stereocenters. The van der Waals surface area contributed by atoms with Gasteiger partial charge in [-0.05, 0) is 53.6 Å². The van der Waals surface area contributed by atoms with Gasteiger partial charge in [0.25, 0.3) is 0 Å². The van der Waals surface area contributed by atoms with Crippen molar-refractivity contribution in [1.29, 1.82) is 0 Å². The van der Waals surface area contributed by atoms with Gasteiger partial charge in [-0.3, -0.25) is 0 Å². The van der Waals surface area contributed by atoms with E-state index < -0.39 is 0 Å². The molecule has 1 saturated carbocycles. The van der Waals surface area contributed by atoms with Gasteiger partial charge in [-0.15, -0.1) is 0 Å². The van der Waals surface area contributed by atoms with Gasteiger partial charge in [-0.1, -0.05) is 82.2 Å². The quantitative estimate of drug-likeness (QED) is 0.626. The summed E-state index contributed by atoms with van der Waals surface area (Å²) in [4.78, 5) is 0. The topological polar surface area (TPSA) is 0 Å². The molecular weight excluding hydrogens is 264 g/mol. The van der Waals surface area contributed by atoms with Crippen molar-refractivity contribution < 1.29 is 0 Å². The van der Waals surface area contributed by atoms with Crippen molar-refractivity contribution in [2.24, 2.45) is 17.3 Å². The molecule has 2 aliphatic rings. The largest absolute Gasteiger partial charge is 0.0799 e. The molecule has 0 bridgehead atoms. The minimum Gasteiger partial charge on any atom is -0.0799 e. The molecule has 1 fully saturated rings. The first-order valence-corrected chi connectivity index (χ1v) is 8.90. The fourth-order valence-corrected chi connectivity index (χ4v) is 4.44. The van der Waals surface area contributed by atoms with Crippen LogP contribution in [0, 0.1) is 23.7 Å². The van der Waals surface area contributed by atoms with Gasteiger partial charge >= 0.3 is 0 Å². The summed E-state index contributed by atoms with van der Waals surface area (Å²) in [6.45, 7) is 7.02. The van der Waals surface area contributed by atoms with Gasteiger partial charge in [0.1, 0.15) is 0 Å². The summed E-state index contributed by atoms with van der Waals surface area (Å²) in [5, 5.41) is 0. The van der Waals surface area contributed by atoms with Crippen LogP contribution in [0.4, 0.5) is 0 Å². The van der Waals surface area contributed by atoms with E-state index in [4.69, 9.17) is 0 Å². The van der Waals surface area contributed by atoms with Crippen LogP contribution < -0.4 is 0 Å². The zero-order chi connectivity index (χ0) is 15.6. The van der Waals surface area contributed by atoms with E-state index in [1.807, 2.05) is 0 Å². The zero-order valence-electron chi connectivity index (χ0n) is 14.2. The number of benzene rings is 1. The monoisotopic (exact) mass is 292 g/mol. The van der Waals surface area contributed by atoms with E-state index in [2.05, 4.69) is 75.8 Å². The molecule has 116 valence electrons. The second-order valence-corrected chi connectivity index (χ2v) is 7.08. The van der Waals surface area contributed by atoms with E-state index in [-0.39, 0.29) is 5.41 Å². The van der Waals surface area contributed by atoms with Crippen LogP contribution >= 0.6 is 0 Å². The van der Waals surface area contributed by atoms with Gasteiger partial charge < -0.3 is 0 Å². The maximum absolute atomic E-state index is 3.95. The van der Waals surface area contributed by atoms with Crippen LogP contribution in [-0.4, -0.2) is 0 Å². The molecule has 1 aromatic rings. The van der Waals surface area contributed by atoms with Crippen LogP contribution in [0.5, 0.6) is 0 Å². The number of hydrogen-bond donors (Lipinski definition) is 0. The maximum Gasteiger partial charge on any atom is -0.000579 e. The predicted octanol–water partition coefficient (Wildman–Crippen LogP) is 5.98. The fraction of sp³-hybridized carbons (Fsp3) is 0.500. The van der Waals surface area contributed by atoms with Gasteiger partial charge in [0, 0.05) is 0 Å². The maximum atomic E-state index is 3.95. The Morgan fingerprint density at radius 1 is 1.09 bits per heavy atom. The molecule has 4 unspecified atom stereocenters. The Hall–Kier alpha value is -1.30. The Bertz CT molecular complexity index is 565. The van der Waals surface area contributed by atoms with Crippen LogP contribution in [0.15, 0.2) is 48.6 Å². The van der Waals surface area contributed by atoms with Crippen molar-refractivity contribution in [2.45, 2.75) is 52.4 Å². The summed E-state index contributed by atoms with van der Waals surface area (Å²) in [6.07, 6.45) is 18.1. The number of allylic oxidation sites excluding steroid dienone is 4. The average Bonchev–Trinajstić information content (AvgIpc) is 2.82. The van der Waals surface area contributed by atoms with Crippen molar-refractivity contribution >= 4 is 0 Å². The molecule has 0 heterocycles. The van der Waals surface area contributed by atoms with E-state index >= 15 is 0 Å². The van der Waals surface area contributed by atoms with Crippen LogP contribution in [-0.2, 0) is 6.42 Å². The van der Waals surface area contributed by atoms with E-state index in [1.54, 1.807) is 0 Å². The van der Waals surface area contributed by atoms with Crippen molar-refractivity contribution in [2.75, 3.05) is 0 Å². The third-order valence-corrected chi connectivity index (χ3v) is 5.61. The normalized spacial score (nSPS) is 33.1. The van der Waals surface area contributed by atoms with Crippen molar-refractivity contribution in [1.82, 2.24) is 0 Å². The average molecular weight is 292 g/mol. The Kier molecular flexibility index (Phi) is 4.57. The van der Waals surface area contributed by atoms with Crippen LogP contribution in [0.1, 0.15) is 57.1 Å². The molecule has 1 aromatic carbocycles. The smallest absolute Gasteiger partial charge is 0.000579 e. The molecule has 0 nitrogen and oxygen atoms in total. The summed E-state index contributed by atoms with van der Waals surface area (Å²) < 4.78 is 0. The summed E-state index contributed by atoms with van der Waals surface area (Å²) in [6, 6.07) is 9.06. The summed E-state index contributed by atoms with van der Waals surface area (Å²) >= 11 is 0. The highest BCUT2D eigenvalue weighted by Gasteiger charge is 2.50. The van der Waals surface area contributed by atoms with Crippen molar-refractivity contribution in [3.8, 4) is 0 Å². The lowest BCUT2D eigenvalue weighted by Crippen LogP contribution is -2.28. The Labute approximate surface area is 136 Å². The molecule has 2 aliphatic carbocycles. The molecule has 3 rings (SSSR count). The summed E-state index contributed by atoms with van der Waals surface area (Å²) in [5.41, 5.74) is 3.30. The lowest BCUT2D eigenvalue weighted by atomic mass is 9.68. The minimum atomic E-state index is 0.245. The highest BCUT2D eigenvalue weighted by Crippen LogP contribution is 2.58. The first-order valence-electron chi connectivity index (χ1n) is 8.90. The first-order chi connectivity index (χ1) is 10.7. The third kappa shape index (κ3) is 2.57. The SMILES string of the molecule is CCCc1ccccc1C1[C]C2C=CC=CC2(C)C1CCC. The third-order valence-electron chi connectivity index (χ3n) is 5.61. The van der Waals surface area contributed by atoms with E-state index in [0.717, 1.165) is 0 Å². The molecule has 22 heavy (non-hydrogen) atoms. The van der Waals surface area contributed by atoms with Gasteiger partial charge in [-0.25, -0.2) is 0 Å². The van der Waals surface area contributed by atoms with Crippen molar-refractivity contribution in [3.63, 3.8) is 0 Å². The summed E-state index contributed by atoms with van der Waals surface area (Å²) in [7, 11) is 0. The molecule has 0 aromatic heterocycles. The number of aryl methyl sites for hydroxylation is 1. The highest BCUT2D eigenvalue weighted by molar-refractivity contribution is 5.40. The molecule has 0 spiro atoms. The Balaban J connectivity index is 1.99. The molecule has 0 heteroatoms. The Morgan fingerprint density at radius 3 is 2.68 bits per heavy atom. The molecule has 0 aliphatic heterocycles. The number of rotatable bonds is 5. The standard InChI is InChI=1S/C22H28/c1-4-10-17-12-6-7-14-19(17)20-16-18-13-8-9-15-22(18,3)21(20)11-5-2/h6-9,12-15,18,20-21H,4-5,10-11H2,1-3H3. The lowest BCUT2D eigenvalue weighted by molar-refractivity contribution is 0.234. The Morgan fingerprint density at radius 2 is 1.91 bits per heavy atom. The van der Waals surface area contributed by atoms with Gasteiger partial charge in [0.2, 0.25) is 0 Å². The van der Waals surface area contributed by atoms with Gasteiger partial charge in [-0.2, -0.15) is 0 Å². The number of hydrogen-bond acceptors (Lipinski definition) is 0. The van der Waals surface area contributed by atoms with Gasteiger partial charge in [0.05, 0.1) is 0 Å².